The molecule has 4 nitrogen and oxygen atoms in total. The molecule has 1 aromatic carbocycles. The second kappa shape index (κ2) is 5.61. The van der Waals surface area contributed by atoms with Gasteiger partial charge in [-0.2, -0.15) is 0 Å². The Labute approximate surface area is 95.4 Å². The Balaban J connectivity index is 3.13. The quantitative estimate of drug-likeness (QED) is 0.568. The van der Waals surface area contributed by atoms with Gasteiger partial charge in [0.1, 0.15) is 0 Å². The van der Waals surface area contributed by atoms with Crippen LogP contribution in [-0.4, -0.2) is 12.0 Å². The molecule has 0 heterocycles. The predicted octanol–water partition coefficient (Wildman–Crippen LogP) is 3.25. The second-order valence-electron chi connectivity index (χ2n) is 3.88. The van der Waals surface area contributed by atoms with Gasteiger partial charge in [0.15, 0.2) is 0 Å². The van der Waals surface area contributed by atoms with Gasteiger partial charge in [-0.25, -0.2) is 0 Å². The molecule has 0 saturated heterocycles. The molecule has 1 unspecified atom stereocenters. The molecule has 0 N–H and O–H groups in total. The van der Waals surface area contributed by atoms with Gasteiger partial charge in [-0.1, -0.05) is 19.9 Å². The summed E-state index contributed by atoms with van der Waals surface area (Å²) in [6, 6.07) is 4.99. The van der Waals surface area contributed by atoms with E-state index >= 15 is 0 Å². The fraction of sp³-hybridized carbons (Fsp3) is 0.500. The number of benzene rings is 1. The Morgan fingerprint density at radius 2 is 2.19 bits per heavy atom. The number of ether oxygens (including phenoxy) is 1. The summed E-state index contributed by atoms with van der Waals surface area (Å²) >= 11 is 0. The highest BCUT2D eigenvalue weighted by molar-refractivity contribution is 5.41. The van der Waals surface area contributed by atoms with Crippen molar-refractivity contribution in [3.05, 3.63) is 39.4 Å². The van der Waals surface area contributed by atoms with E-state index in [1.807, 2.05) is 6.07 Å². The number of nitro benzene ring substituents is 1. The molecule has 4 heteroatoms. The summed E-state index contributed by atoms with van der Waals surface area (Å²) in [5, 5.41) is 10.7. The Bertz CT molecular complexity index is 377. The van der Waals surface area contributed by atoms with Crippen LogP contribution in [0.1, 0.15) is 37.3 Å². The van der Waals surface area contributed by atoms with E-state index in [9.17, 15) is 10.1 Å². The van der Waals surface area contributed by atoms with Crippen LogP contribution < -0.4 is 0 Å². The number of nitrogens with zero attached hydrogens (tertiary/aromatic N) is 1. The van der Waals surface area contributed by atoms with Crippen LogP contribution in [0.15, 0.2) is 18.2 Å². The largest absolute Gasteiger partial charge is 0.380 e. The van der Waals surface area contributed by atoms with Crippen LogP contribution in [0.3, 0.4) is 0 Å². The lowest BCUT2D eigenvalue weighted by atomic mass is 9.93. The van der Waals surface area contributed by atoms with Crippen molar-refractivity contribution in [1.29, 1.82) is 0 Å². The van der Waals surface area contributed by atoms with Crippen molar-refractivity contribution in [2.75, 3.05) is 7.11 Å². The molecule has 0 spiro atoms. The van der Waals surface area contributed by atoms with Crippen molar-refractivity contribution in [3.63, 3.8) is 0 Å². The van der Waals surface area contributed by atoms with Crippen LogP contribution in [-0.2, 0) is 11.3 Å². The van der Waals surface area contributed by atoms with Crippen LogP contribution in [0.5, 0.6) is 0 Å². The minimum absolute atomic E-state index is 0.124. The van der Waals surface area contributed by atoms with Gasteiger partial charge in [-0.05, 0) is 23.5 Å². The third kappa shape index (κ3) is 2.79. The average Bonchev–Trinajstić information content (AvgIpc) is 2.28. The van der Waals surface area contributed by atoms with Gasteiger partial charge in [0, 0.05) is 19.2 Å². The molecule has 16 heavy (non-hydrogen) atoms. The zero-order valence-electron chi connectivity index (χ0n) is 9.90. The minimum atomic E-state index is -0.375. The van der Waals surface area contributed by atoms with Crippen molar-refractivity contribution in [3.8, 4) is 0 Å². The van der Waals surface area contributed by atoms with Gasteiger partial charge in [-0.3, -0.25) is 10.1 Å². The smallest absolute Gasteiger partial charge is 0.269 e. The molecule has 1 rings (SSSR count). The highest BCUT2D eigenvalue weighted by Crippen LogP contribution is 2.26. The van der Waals surface area contributed by atoms with Crippen LogP contribution in [0.4, 0.5) is 5.69 Å². The van der Waals surface area contributed by atoms with Crippen LogP contribution in [0.2, 0.25) is 0 Å². The number of hydrogen-bond acceptors (Lipinski definition) is 3. The summed E-state index contributed by atoms with van der Waals surface area (Å²) in [6.07, 6.45) is 1.01. The van der Waals surface area contributed by atoms with Gasteiger partial charge in [0.2, 0.25) is 0 Å². The lowest BCUT2D eigenvalue weighted by Crippen LogP contribution is -2.01. The number of methoxy groups -OCH3 is 1. The van der Waals surface area contributed by atoms with Gasteiger partial charge in [-0.15, -0.1) is 0 Å². The summed E-state index contributed by atoms with van der Waals surface area (Å²) < 4.78 is 5.08. The van der Waals surface area contributed by atoms with Crippen molar-refractivity contribution in [2.24, 2.45) is 0 Å². The lowest BCUT2D eigenvalue weighted by Gasteiger charge is -2.14. The summed E-state index contributed by atoms with van der Waals surface area (Å²) in [6.45, 7) is 4.63. The summed E-state index contributed by atoms with van der Waals surface area (Å²) in [5.74, 6) is 0.394. The fourth-order valence-corrected chi connectivity index (χ4v) is 1.69. The molecule has 0 fully saturated rings. The second-order valence-corrected chi connectivity index (χ2v) is 3.88. The Morgan fingerprint density at radius 3 is 2.69 bits per heavy atom. The van der Waals surface area contributed by atoms with E-state index in [1.54, 1.807) is 19.2 Å². The first kappa shape index (κ1) is 12.6. The highest BCUT2D eigenvalue weighted by atomic mass is 16.6. The van der Waals surface area contributed by atoms with E-state index in [4.69, 9.17) is 4.74 Å². The summed E-state index contributed by atoms with van der Waals surface area (Å²) in [7, 11) is 1.60. The van der Waals surface area contributed by atoms with Gasteiger partial charge < -0.3 is 4.74 Å². The minimum Gasteiger partial charge on any atom is -0.380 e. The van der Waals surface area contributed by atoms with Crippen LogP contribution in [0.25, 0.3) is 0 Å². The molecule has 0 aliphatic heterocycles. The third-order valence-electron chi connectivity index (χ3n) is 2.78. The maximum absolute atomic E-state index is 10.7. The van der Waals surface area contributed by atoms with Gasteiger partial charge in [0.05, 0.1) is 11.5 Å². The van der Waals surface area contributed by atoms with Gasteiger partial charge >= 0.3 is 0 Å². The Kier molecular flexibility index (Phi) is 4.43. The first-order chi connectivity index (χ1) is 7.60. The lowest BCUT2D eigenvalue weighted by molar-refractivity contribution is -0.385. The van der Waals surface area contributed by atoms with E-state index in [1.165, 1.54) is 0 Å². The highest BCUT2D eigenvalue weighted by Gasteiger charge is 2.13. The molecule has 0 saturated carbocycles. The number of non-ortho nitro benzene ring substituents is 1. The number of rotatable bonds is 5. The molecular formula is C12H17NO3. The van der Waals surface area contributed by atoms with Crippen LogP contribution in [0, 0.1) is 10.1 Å². The summed E-state index contributed by atoms with van der Waals surface area (Å²) in [4.78, 5) is 10.3. The molecule has 1 aromatic rings. The zero-order valence-corrected chi connectivity index (χ0v) is 9.90. The maximum atomic E-state index is 10.7. The first-order valence-electron chi connectivity index (χ1n) is 5.36. The SMILES string of the molecule is CCC(C)c1ccc([N+](=O)[O-])cc1COC. The van der Waals surface area contributed by atoms with Crippen LogP contribution >= 0.6 is 0 Å². The molecule has 0 aliphatic rings. The summed E-state index contributed by atoms with van der Waals surface area (Å²) in [5.41, 5.74) is 2.17. The molecule has 1 atom stereocenters. The average molecular weight is 223 g/mol. The number of nitro groups is 1. The first-order valence-corrected chi connectivity index (χ1v) is 5.36. The van der Waals surface area contributed by atoms with Crippen molar-refractivity contribution >= 4 is 5.69 Å². The molecule has 0 aliphatic carbocycles. The molecule has 88 valence electrons. The van der Waals surface area contributed by atoms with E-state index in [2.05, 4.69) is 13.8 Å². The maximum Gasteiger partial charge on any atom is 0.269 e. The molecular weight excluding hydrogens is 206 g/mol. The van der Waals surface area contributed by atoms with E-state index < -0.39 is 0 Å². The monoisotopic (exact) mass is 223 g/mol. The van der Waals surface area contributed by atoms with Crippen molar-refractivity contribution < 1.29 is 9.66 Å². The predicted molar refractivity (Wildman–Crippen MR) is 62.5 cm³/mol. The van der Waals surface area contributed by atoms with Gasteiger partial charge in [0.25, 0.3) is 5.69 Å². The Morgan fingerprint density at radius 1 is 1.50 bits per heavy atom. The van der Waals surface area contributed by atoms with E-state index in [0.717, 1.165) is 17.5 Å². The molecule has 0 bridgehead atoms. The number of hydrogen-bond donors (Lipinski definition) is 0. The van der Waals surface area contributed by atoms with Crippen molar-refractivity contribution in [2.45, 2.75) is 32.8 Å². The normalized spacial score (nSPS) is 12.4. The fourth-order valence-electron chi connectivity index (χ4n) is 1.69. The Hall–Kier alpha value is -1.42. The topological polar surface area (TPSA) is 52.4 Å². The van der Waals surface area contributed by atoms with Crippen molar-refractivity contribution in [1.82, 2.24) is 0 Å². The molecule has 0 amide bonds. The molecule has 0 aromatic heterocycles. The van der Waals surface area contributed by atoms with E-state index in [0.29, 0.717) is 12.5 Å². The van der Waals surface area contributed by atoms with E-state index in [-0.39, 0.29) is 10.6 Å². The third-order valence-corrected chi connectivity index (χ3v) is 2.78. The zero-order chi connectivity index (χ0) is 12.1. The standard InChI is InChI=1S/C12H17NO3/c1-4-9(2)12-6-5-11(13(14)15)7-10(12)8-16-3/h5-7,9H,4,8H2,1-3H3. The molecule has 0 radical (unpaired) electrons.